The van der Waals surface area contributed by atoms with E-state index >= 15 is 0 Å². The van der Waals surface area contributed by atoms with Crippen LogP contribution in [0, 0.1) is 6.92 Å². The number of benzene rings is 1. The molecule has 0 aliphatic rings. The predicted molar refractivity (Wildman–Crippen MR) is 89.1 cm³/mol. The van der Waals surface area contributed by atoms with Gasteiger partial charge in [0, 0.05) is 17.0 Å². The van der Waals surface area contributed by atoms with Crippen molar-refractivity contribution < 1.29 is 4.74 Å². The van der Waals surface area contributed by atoms with Crippen molar-refractivity contribution in [2.45, 2.75) is 46.3 Å². The van der Waals surface area contributed by atoms with Crippen LogP contribution in [0.4, 0.5) is 0 Å². The minimum Gasteiger partial charge on any atom is -0.487 e. The highest BCUT2D eigenvalue weighted by Gasteiger charge is 2.11. The Morgan fingerprint density at radius 2 is 2.19 bits per heavy atom. The van der Waals surface area contributed by atoms with Crippen LogP contribution < -0.4 is 10.1 Å². The molecule has 0 saturated carbocycles. The largest absolute Gasteiger partial charge is 0.487 e. The van der Waals surface area contributed by atoms with Gasteiger partial charge in [0.25, 0.3) is 0 Å². The molecule has 1 heterocycles. The molecule has 0 saturated heterocycles. The summed E-state index contributed by atoms with van der Waals surface area (Å²) in [6, 6.07) is 6.59. The summed E-state index contributed by atoms with van der Waals surface area (Å²) < 4.78 is 6.00. The lowest BCUT2D eigenvalue weighted by molar-refractivity contribution is 0.296. The van der Waals surface area contributed by atoms with E-state index in [4.69, 9.17) is 4.74 Å². The molecule has 1 unspecified atom stereocenters. The molecule has 114 valence electrons. The number of aryl methyl sites for hydroxylation is 2. The lowest BCUT2D eigenvalue weighted by Crippen LogP contribution is -2.14. The van der Waals surface area contributed by atoms with Crippen LogP contribution in [0.5, 0.6) is 5.75 Å². The number of nitrogens with zero attached hydrogens (tertiary/aromatic N) is 1. The molecule has 0 bridgehead atoms. The van der Waals surface area contributed by atoms with Gasteiger partial charge in [-0.2, -0.15) is 0 Å². The van der Waals surface area contributed by atoms with E-state index in [2.05, 4.69) is 54.7 Å². The summed E-state index contributed by atoms with van der Waals surface area (Å²) in [4.78, 5) is 4.61. The molecule has 1 aromatic carbocycles. The fourth-order valence-corrected chi connectivity index (χ4v) is 3.07. The monoisotopic (exact) mass is 304 g/mol. The van der Waals surface area contributed by atoms with Crippen LogP contribution in [0.15, 0.2) is 23.6 Å². The van der Waals surface area contributed by atoms with Gasteiger partial charge in [-0.05, 0) is 39.8 Å². The molecule has 3 nitrogen and oxygen atoms in total. The number of rotatable bonds is 7. The lowest BCUT2D eigenvalue weighted by Gasteiger charge is -2.17. The van der Waals surface area contributed by atoms with Gasteiger partial charge in [0.15, 0.2) is 0 Å². The van der Waals surface area contributed by atoms with Crippen LogP contribution in [0.3, 0.4) is 0 Å². The second-order valence-corrected chi connectivity index (χ2v) is 6.27. The summed E-state index contributed by atoms with van der Waals surface area (Å²) in [5.74, 6) is 0.937. The van der Waals surface area contributed by atoms with Crippen LogP contribution in [-0.4, -0.2) is 12.0 Å². The highest BCUT2D eigenvalue weighted by molar-refractivity contribution is 7.09. The van der Waals surface area contributed by atoms with E-state index in [0.29, 0.717) is 6.61 Å². The Hall–Kier alpha value is -1.39. The highest BCUT2D eigenvalue weighted by atomic mass is 32.1. The van der Waals surface area contributed by atoms with Crippen LogP contribution in [0.25, 0.3) is 0 Å². The molecule has 2 aromatic rings. The summed E-state index contributed by atoms with van der Waals surface area (Å²) in [5.41, 5.74) is 3.46. The van der Waals surface area contributed by atoms with Crippen LogP contribution in [0.1, 0.15) is 48.1 Å². The number of thiazole rings is 1. The van der Waals surface area contributed by atoms with Gasteiger partial charge in [-0.25, -0.2) is 4.98 Å². The number of aromatic nitrogens is 1. The first-order valence-electron chi connectivity index (χ1n) is 7.48. The number of hydrogen-bond acceptors (Lipinski definition) is 4. The van der Waals surface area contributed by atoms with E-state index < -0.39 is 0 Å². The molecule has 1 atom stereocenters. The normalized spacial score (nSPS) is 12.4. The average molecular weight is 304 g/mol. The molecule has 4 heteroatoms. The quantitative estimate of drug-likeness (QED) is 0.829. The maximum absolute atomic E-state index is 6.00. The Balaban J connectivity index is 2.08. The molecule has 0 aliphatic heterocycles. The molecule has 0 amide bonds. The molecular weight excluding hydrogens is 280 g/mol. The third-order valence-electron chi connectivity index (χ3n) is 3.50. The summed E-state index contributed by atoms with van der Waals surface area (Å²) in [6.45, 7) is 6.96. The van der Waals surface area contributed by atoms with E-state index in [9.17, 15) is 0 Å². The topological polar surface area (TPSA) is 34.1 Å². The third kappa shape index (κ3) is 4.29. The molecule has 0 fully saturated rings. The molecular formula is C17H24N2OS. The van der Waals surface area contributed by atoms with Crippen molar-refractivity contribution in [1.82, 2.24) is 10.3 Å². The van der Waals surface area contributed by atoms with E-state index in [-0.39, 0.29) is 6.04 Å². The fourth-order valence-electron chi connectivity index (χ4n) is 2.19. The Labute approximate surface area is 131 Å². The summed E-state index contributed by atoms with van der Waals surface area (Å²) in [6.07, 6.45) is 2.19. The first-order chi connectivity index (χ1) is 10.1. The van der Waals surface area contributed by atoms with Crippen molar-refractivity contribution in [3.05, 3.63) is 45.4 Å². The van der Waals surface area contributed by atoms with Gasteiger partial charge in [-0.15, -0.1) is 11.3 Å². The van der Waals surface area contributed by atoms with Gasteiger partial charge in [0.2, 0.25) is 0 Å². The Morgan fingerprint density at radius 1 is 1.38 bits per heavy atom. The average Bonchev–Trinajstić information content (AvgIpc) is 2.93. The van der Waals surface area contributed by atoms with Crippen molar-refractivity contribution >= 4 is 11.3 Å². The molecule has 0 radical (unpaired) electrons. The smallest absolute Gasteiger partial charge is 0.131 e. The number of ether oxygens (including phenoxy) is 1. The summed E-state index contributed by atoms with van der Waals surface area (Å²) >= 11 is 1.72. The number of hydrogen-bond donors (Lipinski definition) is 1. The zero-order valence-electron chi connectivity index (χ0n) is 13.3. The second-order valence-electron chi connectivity index (χ2n) is 5.32. The number of nitrogens with one attached hydrogen (secondary N) is 1. The van der Waals surface area contributed by atoms with E-state index in [1.165, 1.54) is 16.1 Å². The predicted octanol–water partition coefficient (Wildman–Crippen LogP) is 4.26. The SMILES string of the molecule is CCCc1nc(COc2ccc(C)cc2C(C)NC)cs1. The van der Waals surface area contributed by atoms with E-state index in [1.807, 2.05) is 7.05 Å². The highest BCUT2D eigenvalue weighted by Crippen LogP contribution is 2.27. The zero-order valence-corrected chi connectivity index (χ0v) is 14.1. The minimum atomic E-state index is 0.269. The van der Waals surface area contributed by atoms with E-state index in [1.54, 1.807) is 11.3 Å². The Kier molecular flexibility index (Phi) is 5.76. The van der Waals surface area contributed by atoms with Crippen molar-refractivity contribution in [2.24, 2.45) is 0 Å². The van der Waals surface area contributed by atoms with Crippen molar-refractivity contribution in [3.8, 4) is 5.75 Å². The Bertz CT molecular complexity index is 580. The summed E-state index contributed by atoms with van der Waals surface area (Å²) in [7, 11) is 1.97. The molecule has 1 N–H and O–H groups in total. The van der Waals surface area contributed by atoms with Crippen LogP contribution in [0.2, 0.25) is 0 Å². The maximum Gasteiger partial charge on any atom is 0.131 e. The summed E-state index contributed by atoms with van der Waals surface area (Å²) in [5, 5.41) is 6.57. The third-order valence-corrected chi connectivity index (χ3v) is 4.46. The van der Waals surface area contributed by atoms with Gasteiger partial charge in [0.05, 0.1) is 10.7 Å². The van der Waals surface area contributed by atoms with Gasteiger partial charge in [-0.1, -0.05) is 24.6 Å². The first kappa shape index (κ1) is 16.0. The lowest BCUT2D eigenvalue weighted by atomic mass is 10.0. The zero-order chi connectivity index (χ0) is 15.2. The molecule has 0 spiro atoms. The van der Waals surface area contributed by atoms with Gasteiger partial charge >= 0.3 is 0 Å². The molecule has 1 aromatic heterocycles. The van der Waals surface area contributed by atoms with Crippen LogP contribution in [-0.2, 0) is 13.0 Å². The second kappa shape index (κ2) is 7.57. The maximum atomic E-state index is 6.00. The van der Waals surface area contributed by atoms with Crippen molar-refractivity contribution in [1.29, 1.82) is 0 Å². The minimum absolute atomic E-state index is 0.269. The standard InChI is InChI=1S/C17H24N2OS/c1-5-6-17-19-14(11-21-17)10-20-16-8-7-12(2)9-15(16)13(3)18-4/h7-9,11,13,18H,5-6,10H2,1-4H3. The molecule has 2 rings (SSSR count). The first-order valence-corrected chi connectivity index (χ1v) is 8.36. The van der Waals surface area contributed by atoms with Crippen molar-refractivity contribution in [3.63, 3.8) is 0 Å². The molecule has 0 aliphatic carbocycles. The van der Waals surface area contributed by atoms with Crippen molar-refractivity contribution in [2.75, 3.05) is 7.05 Å². The van der Waals surface area contributed by atoms with Gasteiger partial charge in [-0.3, -0.25) is 0 Å². The van der Waals surface area contributed by atoms with Crippen LogP contribution >= 0.6 is 11.3 Å². The fraction of sp³-hybridized carbons (Fsp3) is 0.471. The van der Waals surface area contributed by atoms with E-state index in [0.717, 1.165) is 24.3 Å². The Morgan fingerprint density at radius 3 is 2.90 bits per heavy atom. The van der Waals surface area contributed by atoms with Gasteiger partial charge < -0.3 is 10.1 Å². The van der Waals surface area contributed by atoms with Gasteiger partial charge in [0.1, 0.15) is 12.4 Å². The molecule has 21 heavy (non-hydrogen) atoms.